The van der Waals surface area contributed by atoms with Crippen molar-refractivity contribution in [2.45, 2.75) is 44.8 Å². The molecule has 0 radical (unpaired) electrons. The van der Waals surface area contributed by atoms with Gasteiger partial charge < -0.3 is 10.4 Å². The van der Waals surface area contributed by atoms with E-state index >= 15 is 0 Å². The molecule has 2 N–H and O–H groups in total. The number of hydrogen-bond acceptors (Lipinski definition) is 3. The van der Waals surface area contributed by atoms with Gasteiger partial charge in [-0.25, -0.2) is 0 Å². The van der Waals surface area contributed by atoms with Gasteiger partial charge in [0.1, 0.15) is 6.54 Å². The van der Waals surface area contributed by atoms with E-state index in [1.807, 2.05) is 0 Å². The van der Waals surface area contributed by atoms with E-state index in [9.17, 15) is 9.90 Å². The molecular weight excluding hydrogens is 230 g/mol. The van der Waals surface area contributed by atoms with Crippen molar-refractivity contribution in [1.82, 2.24) is 15.1 Å². The molecule has 0 saturated heterocycles. The van der Waals surface area contributed by atoms with Crippen molar-refractivity contribution in [3.8, 4) is 0 Å². The third-order valence-electron chi connectivity index (χ3n) is 3.68. The van der Waals surface area contributed by atoms with Crippen molar-refractivity contribution in [3.05, 3.63) is 18.5 Å². The minimum absolute atomic E-state index is 0.106. The predicted octanol–water partition coefficient (Wildman–Crippen LogP) is 0.940. The second kappa shape index (κ2) is 5.52. The predicted molar refractivity (Wildman–Crippen MR) is 67.8 cm³/mol. The standard InChI is InChI=1S/C13H21N3O2/c1-11-3-5-13(18,6-4-11)10-14-12(17)9-16-8-2-7-15-16/h2,7-8,11,18H,3-6,9-10H2,1H3,(H,14,17). The Morgan fingerprint density at radius 2 is 2.28 bits per heavy atom. The highest BCUT2D eigenvalue weighted by atomic mass is 16.3. The van der Waals surface area contributed by atoms with Crippen LogP contribution in [0.5, 0.6) is 0 Å². The van der Waals surface area contributed by atoms with Gasteiger partial charge in [0, 0.05) is 18.9 Å². The molecule has 5 nitrogen and oxygen atoms in total. The van der Waals surface area contributed by atoms with Gasteiger partial charge in [-0.05, 0) is 37.7 Å². The summed E-state index contributed by atoms with van der Waals surface area (Å²) < 4.78 is 1.57. The maximum atomic E-state index is 11.7. The van der Waals surface area contributed by atoms with Crippen LogP contribution in [0.4, 0.5) is 0 Å². The van der Waals surface area contributed by atoms with Crippen LogP contribution in [-0.4, -0.2) is 32.9 Å². The Morgan fingerprint density at radius 1 is 1.56 bits per heavy atom. The van der Waals surface area contributed by atoms with Crippen molar-refractivity contribution in [2.75, 3.05) is 6.54 Å². The molecule has 1 fully saturated rings. The number of carbonyl (C=O) groups is 1. The Labute approximate surface area is 107 Å². The van der Waals surface area contributed by atoms with Crippen LogP contribution in [0.2, 0.25) is 0 Å². The van der Waals surface area contributed by atoms with Gasteiger partial charge in [-0.1, -0.05) is 6.92 Å². The monoisotopic (exact) mass is 251 g/mol. The molecule has 0 aliphatic heterocycles. The van der Waals surface area contributed by atoms with Crippen molar-refractivity contribution in [2.24, 2.45) is 5.92 Å². The number of nitrogens with zero attached hydrogens (tertiary/aromatic N) is 2. The number of amides is 1. The fraction of sp³-hybridized carbons (Fsp3) is 0.692. The van der Waals surface area contributed by atoms with Crippen molar-refractivity contribution in [3.63, 3.8) is 0 Å². The molecule has 2 rings (SSSR count). The zero-order valence-electron chi connectivity index (χ0n) is 10.8. The lowest BCUT2D eigenvalue weighted by molar-refractivity contribution is -0.123. The summed E-state index contributed by atoms with van der Waals surface area (Å²) in [6.45, 7) is 2.76. The van der Waals surface area contributed by atoms with E-state index in [1.54, 1.807) is 23.1 Å². The van der Waals surface area contributed by atoms with Gasteiger partial charge in [-0.15, -0.1) is 0 Å². The summed E-state index contributed by atoms with van der Waals surface area (Å²) in [5.41, 5.74) is -0.716. The van der Waals surface area contributed by atoms with E-state index in [0.29, 0.717) is 12.5 Å². The van der Waals surface area contributed by atoms with Crippen LogP contribution in [0.25, 0.3) is 0 Å². The summed E-state index contributed by atoms with van der Waals surface area (Å²) in [7, 11) is 0. The van der Waals surface area contributed by atoms with Gasteiger partial charge in [0.05, 0.1) is 5.60 Å². The SMILES string of the molecule is CC1CCC(O)(CNC(=O)Cn2cccn2)CC1. The van der Waals surface area contributed by atoms with Crippen molar-refractivity contribution >= 4 is 5.91 Å². The van der Waals surface area contributed by atoms with Gasteiger partial charge in [0.2, 0.25) is 5.91 Å². The maximum absolute atomic E-state index is 11.7. The highest BCUT2D eigenvalue weighted by Gasteiger charge is 2.31. The molecule has 18 heavy (non-hydrogen) atoms. The third-order valence-corrected chi connectivity index (χ3v) is 3.68. The normalized spacial score (nSPS) is 28.0. The van der Waals surface area contributed by atoms with Crippen LogP contribution in [0.1, 0.15) is 32.6 Å². The molecule has 1 amide bonds. The number of rotatable bonds is 4. The van der Waals surface area contributed by atoms with Gasteiger partial charge in [0.25, 0.3) is 0 Å². The summed E-state index contributed by atoms with van der Waals surface area (Å²) in [6.07, 6.45) is 7.00. The smallest absolute Gasteiger partial charge is 0.241 e. The summed E-state index contributed by atoms with van der Waals surface area (Å²) >= 11 is 0. The van der Waals surface area contributed by atoms with E-state index in [0.717, 1.165) is 25.7 Å². The molecule has 1 aromatic heterocycles. The molecular formula is C13H21N3O2. The van der Waals surface area contributed by atoms with Crippen LogP contribution in [-0.2, 0) is 11.3 Å². The number of aromatic nitrogens is 2. The van der Waals surface area contributed by atoms with Crippen LogP contribution in [0.15, 0.2) is 18.5 Å². The van der Waals surface area contributed by atoms with Crippen molar-refractivity contribution in [1.29, 1.82) is 0 Å². The molecule has 100 valence electrons. The largest absolute Gasteiger partial charge is 0.388 e. The molecule has 1 aromatic rings. The minimum atomic E-state index is -0.716. The fourth-order valence-corrected chi connectivity index (χ4v) is 2.34. The van der Waals surface area contributed by atoms with Crippen LogP contribution in [0.3, 0.4) is 0 Å². The summed E-state index contributed by atoms with van der Waals surface area (Å²) in [5.74, 6) is 0.579. The first-order chi connectivity index (χ1) is 8.57. The molecule has 5 heteroatoms. The first-order valence-corrected chi connectivity index (χ1v) is 6.54. The molecule has 1 heterocycles. The molecule has 0 unspecified atom stereocenters. The fourth-order valence-electron chi connectivity index (χ4n) is 2.34. The minimum Gasteiger partial charge on any atom is -0.388 e. The number of nitrogens with one attached hydrogen (secondary N) is 1. The van der Waals surface area contributed by atoms with E-state index in [4.69, 9.17) is 0 Å². The zero-order chi connectivity index (χ0) is 13.0. The Morgan fingerprint density at radius 3 is 2.89 bits per heavy atom. The van der Waals surface area contributed by atoms with Crippen LogP contribution < -0.4 is 5.32 Å². The zero-order valence-corrected chi connectivity index (χ0v) is 10.8. The molecule has 1 saturated carbocycles. The Kier molecular flexibility index (Phi) is 4.01. The lowest BCUT2D eigenvalue weighted by Crippen LogP contribution is -2.45. The van der Waals surface area contributed by atoms with Crippen LogP contribution >= 0.6 is 0 Å². The third kappa shape index (κ3) is 3.57. The Hall–Kier alpha value is -1.36. The van der Waals surface area contributed by atoms with Crippen LogP contribution in [0, 0.1) is 5.92 Å². The van der Waals surface area contributed by atoms with E-state index in [-0.39, 0.29) is 12.5 Å². The molecule has 1 aliphatic carbocycles. The summed E-state index contributed by atoms with van der Waals surface area (Å²) in [5, 5.41) is 17.1. The first kappa shape index (κ1) is 13.1. The van der Waals surface area contributed by atoms with Gasteiger partial charge >= 0.3 is 0 Å². The lowest BCUT2D eigenvalue weighted by Gasteiger charge is -2.34. The molecule has 0 aromatic carbocycles. The highest BCUT2D eigenvalue weighted by molar-refractivity contribution is 5.75. The molecule has 0 spiro atoms. The van der Waals surface area contributed by atoms with Gasteiger partial charge in [-0.3, -0.25) is 9.48 Å². The lowest BCUT2D eigenvalue weighted by atomic mass is 9.79. The van der Waals surface area contributed by atoms with E-state index < -0.39 is 5.60 Å². The Bertz CT molecular complexity index is 381. The topological polar surface area (TPSA) is 67.2 Å². The first-order valence-electron chi connectivity index (χ1n) is 6.54. The second-order valence-electron chi connectivity index (χ2n) is 5.39. The summed E-state index contributed by atoms with van der Waals surface area (Å²) in [4.78, 5) is 11.7. The molecule has 0 atom stereocenters. The molecule has 1 aliphatic rings. The Balaban J connectivity index is 1.75. The van der Waals surface area contributed by atoms with E-state index in [1.165, 1.54) is 0 Å². The van der Waals surface area contributed by atoms with Crippen molar-refractivity contribution < 1.29 is 9.90 Å². The number of aliphatic hydroxyl groups is 1. The summed E-state index contributed by atoms with van der Waals surface area (Å²) in [6, 6.07) is 1.78. The average Bonchev–Trinajstić information content (AvgIpc) is 2.84. The van der Waals surface area contributed by atoms with E-state index in [2.05, 4.69) is 17.3 Å². The number of carbonyl (C=O) groups excluding carboxylic acids is 1. The second-order valence-corrected chi connectivity index (χ2v) is 5.39. The van der Waals surface area contributed by atoms with Gasteiger partial charge in [0.15, 0.2) is 0 Å². The van der Waals surface area contributed by atoms with Gasteiger partial charge in [-0.2, -0.15) is 5.10 Å². The quantitative estimate of drug-likeness (QED) is 0.837. The average molecular weight is 251 g/mol. The maximum Gasteiger partial charge on any atom is 0.241 e. The number of hydrogen-bond donors (Lipinski definition) is 2. The highest BCUT2D eigenvalue weighted by Crippen LogP contribution is 2.31. The molecule has 0 bridgehead atoms.